The SMILES string of the molecule is COC.Cc1ccc2sc3ccc(-c4ccc5sc6ccncc6c5c4)cc3c2c1.Cc1ccccc1.Cc1ccccc1. The van der Waals surface area contributed by atoms with Crippen molar-refractivity contribution in [3.05, 3.63) is 150 Å². The van der Waals surface area contributed by atoms with E-state index in [0.717, 1.165) is 0 Å². The van der Waals surface area contributed by atoms with Crippen LogP contribution in [0, 0.1) is 20.8 Å². The van der Waals surface area contributed by atoms with Crippen LogP contribution < -0.4 is 0 Å². The maximum Gasteiger partial charge on any atom is 0.0386 e. The highest BCUT2D eigenvalue weighted by atomic mass is 32.1. The Morgan fingerprint density at radius 3 is 1.36 bits per heavy atom. The Labute approximate surface area is 268 Å². The molecule has 0 aliphatic carbocycles. The summed E-state index contributed by atoms with van der Waals surface area (Å²) in [6.45, 7) is 6.33. The van der Waals surface area contributed by atoms with E-state index in [4.69, 9.17) is 0 Å². The third-order valence-electron chi connectivity index (χ3n) is 7.11. The number of rotatable bonds is 1. The number of nitrogens with zero attached hydrogens (tertiary/aromatic N) is 1. The second-order valence-corrected chi connectivity index (χ2v) is 12.9. The van der Waals surface area contributed by atoms with Crippen molar-refractivity contribution in [1.82, 2.24) is 4.98 Å². The molecular weight excluding hydrogens is 575 g/mol. The lowest BCUT2D eigenvalue weighted by molar-refractivity contribution is 0.277. The number of aryl methyl sites for hydroxylation is 3. The Bertz CT molecular complexity index is 2060. The monoisotopic (exact) mass is 611 g/mol. The summed E-state index contributed by atoms with van der Waals surface area (Å²) in [6.07, 6.45) is 3.85. The number of fused-ring (bicyclic) bond motifs is 6. The number of methoxy groups -OCH3 is 1. The molecule has 3 aromatic heterocycles. The van der Waals surface area contributed by atoms with Gasteiger partial charge >= 0.3 is 0 Å². The molecule has 0 aliphatic heterocycles. The van der Waals surface area contributed by atoms with E-state index in [1.165, 1.54) is 68.2 Å². The number of hydrogen-bond acceptors (Lipinski definition) is 4. The summed E-state index contributed by atoms with van der Waals surface area (Å²) in [5.41, 5.74) is 6.49. The molecule has 4 heteroatoms. The minimum atomic E-state index is 1.25. The molecule has 0 atom stereocenters. The highest BCUT2D eigenvalue weighted by Gasteiger charge is 2.10. The molecule has 5 aromatic carbocycles. The van der Waals surface area contributed by atoms with Gasteiger partial charge in [0.15, 0.2) is 0 Å². The number of ether oxygens (including phenoxy) is 1. The van der Waals surface area contributed by atoms with E-state index in [1.54, 1.807) is 14.2 Å². The van der Waals surface area contributed by atoms with Crippen molar-refractivity contribution in [3.63, 3.8) is 0 Å². The summed E-state index contributed by atoms with van der Waals surface area (Å²) in [6, 6.07) is 43.0. The predicted octanol–water partition coefficient (Wildman–Crippen LogP) is 12.0. The first-order chi connectivity index (χ1) is 21.5. The van der Waals surface area contributed by atoms with Crippen LogP contribution in [0.15, 0.2) is 134 Å². The second kappa shape index (κ2) is 14.9. The number of hydrogen-bond donors (Lipinski definition) is 0. The molecule has 8 rings (SSSR count). The Balaban J connectivity index is 0.000000185. The van der Waals surface area contributed by atoms with Crippen LogP contribution in [-0.4, -0.2) is 19.2 Å². The molecule has 0 amide bonds. The van der Waals surface area contributed by atoms with Gasteiger partial charge in [-0.1, -0.05) is 95.6 Å². The van der Waals surface area contributed by atoms with E-state index in [1.807, 2.05) is 71.5 Å². The van der Waals surface area contributed by atoms with Crippen LogP contribution in [0.3, 0.4) is 0 Å². The van der Waals surface area contributed by atoms with Crippen molar-refractivity contribution in [2.75, 3.05) is 14.2 Å². The van der Waals surface area contributed by atoms with Crippen molar-refractivity contribution >= 4 is 63.0 Å². The molecule has 220 valence electrons. The minimum Gasteiger partial charge on any atom is -0.388 e. The van der Waals surface area contributed by atoms with Crippen LogP contribution >= 0.6 is 22.7 Å². The van der Waals surface area contributed by atoms with Crippen molar-refractivity contribution < 1.29 is 4.74 Å². The first kappa shape index (κ1) is 31.1. The van der Waals surface area contributed by atoms with Crippen LogP contribution in [0.4, 0.5) is 0 Å². The van der Waals surface area contributed by atoms with E-state index in [9.17, 15) is 0 Å². The molecule has 2 nitrogen and oxygen atoms in total. The predicted molar refractivity (Wildman–Crippen MR) is 195 cm³/mol. The Morgan fingerprint density at radius 2 is 0.886 bits per heavy atom. The summed E-state index contributed by atoms with van der Waals surface area (Å²) in [4.78, 5) is 4.32. The molecule has 0 radical (unpaired) electrons. The average Bonchev–Trinajstić information content (AvgIpc) is 3.60. The summed E-state index contributed by atoms with van der Waals surface area (Å²) in [5.74, 6) is 0. The number of benzene rings is 5. The third-order valence-corrected chi connectivity index (χ3v) is 9.41. The molecule has 0 fully saturated rings. The molecule has 0 saturated heterocycles. The number of aromatic nitrogens is 1. The van der Waals surface area contributed by atoms with Gasteiger partial charge in [-0.3, -0.25) is 4.98 Å². The fraction of sp³-hybridized carbons (Fsp3) is 0.125. The van der Waals surface area contributed by atoms with Gasteiger partial charge in [-0.2, -0.15) is 0 Å². The van der Waals surface area contributed by atoms with Crippen LogP contribution in [-0.2, 0) is 4.74 Å². The van der Waals surface area contributed by atoms with Gasteiger partial charge < -0.3 is 4.74 Å². The van der Waals surface area contributed by atoms with Crippen LogP contribution in [0.5, 0.6) is 0 Å². The highest BCUT2D eigenvalue weighted by molar-refractivity contribution is 7.26. The Kier molecular flexibility index (Phi) is 10.5. The smallest absolute Gasteiger partial charge is 0.0386 e. The number of thiophene rings is 2. The molecule has 0 spiro atoms. The van der Waals surface area contributed by atoms with E-state index in [2.05, 4.69) is 115 Å². The third kappa shape index (κ3) is 7.59. The molecule has 8 aromatic rings. The first-order valence-electron chi connectivity index (χ1n) is 14.6. The van der Waals surface area contributed by atoms with Gasteiger partial charge in [-0.15, -0.1) is 22.7 Å². The van der Waals surface area contributed by atoms with Crippen molar-refractivity contribution in [2.45, 2.75) is 20.8 Å². The molecular formula is C40H37NOS2. The van der Waals surface area contributed by atoms with E-state index in [-0.39, 0.29) is 0 Å². The maximum absolute atomic E-state index is 4.32. The zero-order valence-corrected chi connectivity index (χ0v) is 27.5. The zero-order chi connectivity index (χ0) is 30.9. The van der Waals surface area contributed by atoms with Crippen LogP contribution in [0.25, 0.3) is 51.5 Å². The summed E-state index contributed by atoms with van der Waals surface area (Å²) < 4.78 is 9.58. The molecule has 0 aliphatic rings. The van der Waals surface area contributed by atoms with Gasteiger partial charge in [-0.05, 0) is 74.4 Å². The van der Waals surface area contributed by atoms with E-state index < -0.39 is 0 Å². The lowest BCUT2D eigenvalue weighted by Crippen LogP contribution is -1.78. The topological polar surface area (TPSA) is 22.1 Å². The molecule has 44 heavy (non-hydrogen) atoms. The average molecular weight is 612 g/mol. The second-order valence-electron chi connectivity index (χ2n) is 10.7. The molecule has 0 unspecified atom stereocenters. The Morgan fingerprint density at radius 1 is 0.455 bits per heavy atom. The molecule has 3 heterocycles. The largest absolute Gasteiger partial charge is 0.388 e. The zero-order valence-electron chi connectivity index (χ0n) is 25.9. The summed E-state index contributed by atoms with van der Waals surface area (Å²) >= 11 is 3.71. The quantitative estimate of drug-likeness (QED) is 0.184. The Hall–Kier alpha value is -4.35. The first-order valence-corrected chi connectivity index (χ1v) is 16.2. The summed E-state index contributed by atoms with van der Waals surface area (Å²) in [7, 11) is 3.25. The molecule has 0 bridgehead atoms. The highest BCUT2D eigenvalue weighted by Crippen LogP contribution is 2.39. The molecule has 0 N–H and O–H groups in total. The van der Waals surface area contributed by atoms with Crippen LogP contribution in [0.2, 0.25) is 0 Å². The van der Waals surface area contributed by atoms with Crippen LogP contribution in [0.1, 0.15) is 16.7 Å². The van der Waals surface area contributed by atoms with Gasteiger partial charge in [0.2, 0.25) is 0 Å². The van der Waals surface area contributed by atoms with Gasteiger partial charge in [0.25, 0.3) is 0 Å². The summed E-state index contributed by atoms with van der Waals surface area (Å²) in [5, 5.41) is 5.26. The fourth-order valence-electron chi connectivity index (χ4n) is 4.94. The van der Waals surface area contributed by atoms with Gasteiger partial charge in [0.1, 0.15) is 0 Å². The van der Waals surface area contributed by atoms with Gasteiger partial charge in [-0.25, -0.2) is 0 Å². The standard InChI is InChI=1S/C24H15NS2.2C7H8.C2H6O/c1-14-2-5-21-17(10-14)18-11-15(3-6-22(18)26-21)16-4-7-23-19(12-16)20-13-25-9-8-24(20)27-23;2*1-7-5-3-2-4-6-7;1-3-2/h2-13H,1H3;2*2-6H,1H3;1-2H3. The van der Waals surface area contributed by atoms with Crippen molar-refractivity contribution in [2.24, 2.45) is 0 Å². The van der Waals surface area contributed by atoms with Crippen molar-refractivity contribution in [3.8, 4) is 11.1 Å². The van der Waals surface area contributed by atoms with E-state index >= 15 is 0 Å². The fourth-order valence-corrected chi connectivity index (χ4v) is 7.06. The minimum absolute atomic E-state index is 1.25. The van der Waals surface area contributed by atoms with Crippen molar-refractivity contribution in [1.29, 1.82) is 0 Å². The number of pyridine rings is 1. The normalized spacial score (nSPS) is 10.5. The molecule has 0 saturated carbocycles. The lowest BCUT2D eigenvalue weighted by Gasteiger charge is -2.03. The maximum atomic E-state index is 4.32. The lowest BCUT2D eigenvalue weighted by atomic mass is 10.0. The van der Waals surface area contributed by atoms with Gasteiger partial charge in [0.05, 0.1) is 0 Å². The van der Waals surface area contributed by atoms with E-state index in [0.29, 0.717) is 0 Å². The van der Waals surface area contributed by atoms with Gasteiger partial charge in [0, 0.05) is 67.0 Å².